The van der Waals surface area contributed by atoms with Crippen LogP contribution in [-0.4, -0.2) is 72.0 Å². The van der Waals surface area contributed by atoms with E-state index in [4.69, 9.17) is 5.11 Å². The molecule has 1 rings (SSSR count). The van der Waals surface area contributed by atoms with Crippen molar-refractivity contribution in [3.63, 3.8) is 0 Å². The molecule has 0 aromatic rings. The van der Waals surface area contributed by atoms with Crippen molar-refractivity contribution in [1.82, 2.24) is 15.1 Å². The molecule has 1 heterocycles. The molecule has 0 bridgehead atoms. The molecule has 0 aliphatic carbocycles. The molecule has 0 aromatic carbocycles. The zero-order valence-electron chi connectivity index (χ0n) is 11.9. The fourth-order valence-corrected chi connectivity index (χ4v) is 2.06. The molecule has 0 aromatic heterocycles. The van der Waals surface area contributed by atoms with Gasteiger partial charge in [0.25, 0.3) is 0 Å². The van der Waals surface area contributed by atoms with Gasteiger partial charge in [0.1, 0.15) is 0 Å². The van der Waals surface area contributed by atoms with Crippen molar-refractivity contribution < 1.29 is 19.5 Å². The highest BCUT2D eigenvalue weighted by Crippen LogP contribution is 2.02. The zero-order chi connectivity index (χ0) is 15.0. The molecular formula is C13H23N3O4. The maximum atomic E-state index is 11.9. The van der Waals surface area contributed by atoms with Crippen LogP contribution in [0.15, 0.2) is 0 Å². The third-order valence-electron chi connectivity index (χ3n) is 3.33. The molecule has 0 spiro atoms. The summed E-state index contributed by atoms with van der Waals surface area (Å²) in [6.45, 7) is 3.84. The molecule has 0 radical (unpaired) electrons. The van der Waals surface area contributed by atoms with E-state index in [1.165, 1.54) is 11.8 Å². The van der Waals surface area contributed by atoms with Gasteiger partial charge in [0.05, 0.1) is 0 Å². The van der Waals surface area contributed by atoms with Gasteiger partial charge in [-0.15, -0.1) is 0 Å². The van der Waals surface area contributed by atoms with Crippen LogP contribution in [0.5, 0.6) is 0 Å². The Kier molecular flexibility index (Phi) is 7.00. The summed E-state index contributed by atoms with van der Waals surface area (Å²) in [5.74, 6) is -1.13. The van der Waals surface area contributed by atoms with E-state index in [1.807, 2.05) is 0 Å². The number of rotatable bonds is 5. The van der Waals surface area contributed by atoms with Crippen LogP contribution in [0, 0.1) is 0 Å². The Morgan fingerprint density at radius 3 is 2.15 bits per heavy atom. The molecule has 2 N–H and O–H groups in total. The third-order valence-corrected chi connectivity index (χ3v) is 3.33. The average molecular weight is 285 g/mol. The molecule has 114 valence electrons. The Bertz CT molecular complexity index is 352. The summed E-state index contributed by atoms with van der Waals surface area (Å²) in [5, 5.41) is 11.2. The maximum absolute atomic E-state index is 11.9. The fraction of sp³-hybridized carbons (Fsp3) is 0.769. The minimum atomic E-state index is -0.592. The van der Waals surface area contributed by atoms with Gasteiger partial charge in [-0.25, -0.2) is 0 Å². The molecule has 1 saturated heterocycles. The largest absolute Gasteiger partial charge is 0.396 e. The van der Waals surface area contributed by atoms with E-state index >= 15 is 0 Å². The first-order chi connectivity index (χ1) is 9.56. The lowest BCUT2D eigenvalue weighted by Crippen LogP contribution is -2.53. The zero-order valence-corrected chi connectivity index (χ0v) is 11.9. The van der Waals surface area contributed by atoms with Crippen LogP contribution >= 0.6 is 0 Å². The van der Waals surface area contributed by atoms with Gasteiger partial charge in [0.2, 0.25) is 5.91 Å². The summed E-state index contributed by atoms with van der Waals surface area (Å²) >= 11 is 0. The van der Waals surface area contributed by atoms with Crippen molar-refractivity contribution >= 4 is 17.7 Å². The Balaban J connectivity index is 2.24. The normalized spacial score (nSPS) is 15.1. The minimum Gasteiger partial charge on any atom is -0.396 e. The van der Waals surface area contributed by atoms with Crippen molar-refractivity contribution in [2.45, 2.75) is 26.2 Å². The Morgan fingerprint density at radius 2 is 1.60 bits per heavy atom. The smallest absolute Gasteiger partial charge is 0.312 e. The van der Waals surface area contributed by atoms with Crippen LogP contribution in [0.1, 0.15) is 26.2 Å². The Labute approximate surface area is 118 Å². The predicted octanol–water partition coefficient (Wildman–Crippen LogP) is -1.04. The maximum Gasteiger partial charge on any atom is 0.312 e. The third kappa shape index (κ3) is 5.16. The van der Waals surface area contributed by atoms with Crippen molar-refractivity contribution in [2.75, 3.05) is 39.3 Å². The van der Waals surface area contributed by atoms with E-state index in [0.717, 1.165) is 12.8 Å². The average Bonchev–Trinajstić information content (AvgIpc) is 2.46. The molecule has 1 aliphatic rings. The van der Waals surface area contributed by atoms with E-state index in [-0.39, 0.29) is 12.5 Å². The topological polar surface area (TPSA) is 90.0 Å². The number of carbonyl (C=O) groups excluding carboxylic acids is 3. The summed E-state index contributed by atoms with van der Waals surface area (Å²) in [6.07, 6.45) is 2.27. The second-order valence-electron chi connectivity index (χ2n) is 4.84. The van der Waals surface area contributed by atoms with E-state index in [9.17, 15) is 14.4 Å². The van der Waals surface area contributed by atoms with Gasteiger partial charge in [0, 0.05) is 46.3 Å². The molecule has 0 atom stereocenters. The standard InChI is InChI=1S/C13H23N3O4/c1-11(18)15-6-8-16(9-7-15)13(20)12(19)14-5-3-2-4-10-17/h17H,2-10H2,1H3,(H,14,19). The van der Waals surface area contributed by atoms with Gasteiger partial charge in [-0.1, -0.05) is 0 Å². The molecule has 7 heteroatoms. The second kappa shape index (κ2) is 8.52. The summed E-state index contributed by atoms with van der Waals surface area (Å²) in [7, 11) is 0. The second-order valence-corrected chi connectivity index (χ2v) is 4.84. The number of amides is 3. The highest BCUT2D eigenvalue weighted by atomic mass is 16.3. The number of unbranched alkanes of at least 4 members (excludes halogenated alkanes) is 2. The van der Waals surface area contributed by atoms with Crippen LogP contribution in [0.4, 0.5) is 0 Å². The van der Waals surface area contributed by atoms with Crippen LogP contribution in [0.25, 0.3) is 0 Å². The lowest BCUT2D eigenvalue weighted by Gasteiger charge is -2.33. The van der Waals surface area contributed by atoms with Crippen molar-refractivity contribution in [3.05, 3.63) is 0 Å². The molecule has 7 nitrogen and oxygen atoms in total. The number of hydrogen-bond donors (Lipinski definition) is 2. The highest BCUT2D eigenvalue weighted by molar-refractivity contribution is 6.35. The van der Waals surface area contributed by atoms with Gasteiger partial charge in [-0.05, 0) is 19.3 Å². The number of piperazine rings is 1. The first-order valence-corrected chi connectivity index (χ1v) is 6.99. The molecule has 1 aliphatic heterocycles. The van der Waals surface area contributed by atoms with Gasteiger partial charge in [-0.3, -0.25) is 14.4 Å². The molecule has 1 fully saturated rings. The lowest BCUT2D eigenvalue weighted by atomic mass is 10.2. The first-order valence-electron chi connectivity index (χ1n) is 6.99. The number of nitrogens with zero attached hydrogens (tertiary/aromatic N) is 2. The van der Waals surface area contributed by atoms with Gasteiger partial charge >= 0.3 is 11.8 Å². The summed E-state index contributed by atoms with van der Waals surface area (Å²) in [4.78, 5) is 37.8. The summed E-state index contributed by atoms with van der Waals surface area (Å²) in [6, 6.07) is 0. The van der Waals surface area contributed by atoms with Gasteiger partial charge < -0.3 is 20.2 Å². The Hall–Kier alpha value is -1.63. The van der Waals surface area contributed by atoms with Crippen molar-refractivity contribution in [2.24, 2.45) is 0 Å². The fourth-order valence-electron chi connectivity index (χ4n) is 2.06. The monoisotopic (exact) mass is 285 g/mol. The number of aliphatic hydroxyl groups excluding tert-OH is 1. The molecule has 20 heavy (non-hydrogen) atoms. The molecular weight excluding hydrogens is 262 g/mol. The minimum absolute atomic E-state index is 0.00886. The SMILES string of the molecule is CC(=O)N1CCN(C(=O)C(=O)NCCCCCO)CC1. The predicted molar refractivity (Wildman–Crippen MR) is 72.8 cm³/mol. The van der Waals surface area contributed by atoms with Crippen molar-refractivity contribution in [1.29, 1.82) is 0 Å². The summed E-state index contributed by atoms with van der Waals surface area (Å²) in [5.41, 5.74) is 0. The molecule has 0 saturated carbocycles. The van der Waals surface area contributed by atoms with E-state index < -0.39 is 11.8 Å². The number of nitrogens with one attached hydrogen (secondary N) is 1. The van der Waals surface area contributed by atoms with E-state index in [1.54, 1.807) is 4.90 Å². The molecule has 3 amide bonds. The number of carbonyl (C=O) groups is 3. The van der Waals surface area contributed by atoms with E-state index in [2.05, 4.69) is 5.32 Å². The van der Waals surface area contributed by atoms with E-state index in [0.29, 0.717) is 39.1 Å². The number of hydrogen-bond acceptors (Lipinski definition) is 4. The summed E-state index contributed by atoms with van der Waals surface area (Å²) < 4.78 is 0. The van der Waals surface area contributed by atoms with Crippen LogP contribution in [0.3, 0.4) is 0 Å². The number of aliphatic hydroxyl groups is 1. The van der Waals surface area contributed by atoms with Crippen LogP contribution in [0.2, 0.25) is 0 Å². The van der Waals surface area contributed by atoms with Crippen molar-refractivity contribution in [3.8, 4) is 0 Å². The molecule has 0 unspecified atom stereocenters. The van der Waals surface area contributed by atoms with Crippen LogP contribution in [-0.2, 0) is 14.4 Å². The van der Waals surface area contributed by atoms with Gasteiger partial charge in [0.15, 0.2) is 0 Å². The highest BCUT2D eigenvalue weighted by Gasteiger charge is 2.26. The van der Waals surface area contributed by atoms with Gasteiger partial charge in [-0.2, -0.15) is 0 Å². The Morgan fingerprint density at radius 1 is 1.00 bits per heavy atom. The lowest BCUT2D eigenvalue weighted by molar-refractivity contribution is -0.148. The first kappa shape index (κ1) is 16.4. The quantitative estimate of drug-likeness (QED) is 0.498. The van der Waals surface area contributed by atoms with Crippen LogP contribution < -0.4 is 5.32 Å².